The maximum absolute atomic E-state index is 9.15. The predicted octanol–water partition coefficient (Wildman–Crippen LogP) is 3.94. The van der Waals surface area contributed by atoms with Crippen LogP contribution >= 0.6 is 0 Å². The molecule has 3 aromatic rings. The normalized spacial score (nSPS) is 9.08. The first-order valence-corrected chi connectivity index (χ1v) is 7.74. The minimum atomic E-state index is 0.565. The summed E-state index contributed by atoms with van der Waals surface area (Å²) in [6.07, 6.45) is 0. The minimum Gasteiger partial charge on any atom is -0.398 e. The molecule has 116 valence electrons. The van der Waals surface area contributed by atoms with Crippen molar-refractivity contribution in [2.45, 2.75) is 0 Å². The Morgan fingerprint density at radius 3 is 1.36 bits per heavy atom. The highest BCUT2D eigenvalue weighted by Gasteiger charge is 1.98. The summed E-state index contributed by atoms with van der Waals surface area (Å²) in [6, 6.07) is 24.6. The summed E-state index contributed by atoms with van der Waals surface area (Å²) in [5.41, 5.74) is 10.3. The van der Waals surface area contributed by atoms with E-state index in [4.69, 9.17) is 11.0 Å². The van der Waals surface area contributed by atoms with Crippen molar-refractivity contribution in [2.24, 2.45) is 0 Å². The summed E-state index contributed by atoms with van der Waals surface area (Å²) < 4.78 is 0. The smallest absolute Gasteiger partial charge is 0.100 e. The number of para-hydroxylation sites is 1. The van der Waals surface area contributed by atoms with E-state index >= 15 is 0 Å². The van der Waals surface area contributed by atoms with Crippen LogP contribution in [0.2, 0.25) is 0 Å². The fourth-order valence-electron chi connectivity index (χ4n) is 2.27. The van der Waals surface area contributed by atoms with Gasteiger partial charge in [0.2, 0.25) is 0 Å². The van der Waals surface area contributed by atoms with Crippen molar-refractivity contribution in [3.63, 3.8) is 0 Å². The van der Waals surface area contributed by atoms with E-state index in [9.17, 15) is 0 Å². The molecule has 0 aromatic heterocycles. The molecule has 0 saturated heterocycles. The molecule has 0 aliphatic carbocycles. The van der Waals surface area contributed by atoms with Gasteiger partial charge < -0.3 is 5.73 Å². The maximum Gasteiger partial charge on any atom is 0.100 e. The average Bonchev–Trinajstić information content (AvgIpc) is 2.66. The lowest BCUT2D eigenvalue weighted by atomic mass is 10.1. The van der Waals surface area contributed by atoms with Crippen LogP contribution in [-0.2, 0) is 0 Å². The molecule has 0 bridgehead atoms. The van der Waals surface area contributed by atoms with Crippen LogP contribution in [0.1, 0.15) is 27.8 Å². The Morgan fingerprint density at radius 1 is 0.520 bits per heavy atom. The van der Waals surface area contributed by atoms with Crippen molar-refractivity contribution in [3.8, 4) is 29.8 Å². The van der Waals surface area contributed by atoms with Crippen molar-refractivity contribution in [2.75, 3.05) is 5.73 Å². The Balaban J connectivity index is 1.98. The molecule has 0 aliphatic rings. The third kappa shape index (κ3) is 3.89. The molecule has 25 heavy (non-hydrogen) atoms. The zero-order valence-corrected chi connectivity index (χ0v) is 13.5. The second kappa shape index (κ2) is 7.56. The largest absolute Gasteiger partial charge is 0.398 e. The number of nitrogens with zero attached hydrogens (tertiary/aromatic N) is 1. The van der Waals surface area contributed by atoms with Gasteiger partial charge in [0.15, 0.2) is 0 Å². The summed E-state index contributed by atoms with van der Waals surface area (Å²) in [5, 5.41) is 9.15. The quantitative estimate of drug-likeness (QED) is 0.504. The molecule has 0 atom stereocenters. The van der Waals surface area contributed by atoms with Crippen LogP contribution in [-0.4, -0.2) is 0 Å². The van der Waals surface area contributed by atoms with Gasteiger partial charge in [-0.15, -0.1) is 0 Å². The van der Waals surface area contributed by atoms with E-state index in [-0.39, 0.29) is 0 Å². The Kier molecular flexibility index (Phi) is 4.82. The SMILES string of the molecule is N#Cc1ccccc1C#Cc1ccccc1C#Cc1ccccc1N. The first kappa shape index (κ1) is 15.9. The first-order chi connectivity index (χ1) is 12.3. The van der Waals surface area contributed by atoms with E-state index in [2.05, 4.69) is 29.8 Å². The van der Waals surface area contributed by atoms with Crippen LogP contribution in [0.3, 0.4) is 0 Å². The number of nitrogens with two attached hydrogens (primary N) is 1. The van der Waals surface area contributed by atoms with Crippen molar-refractivity contribution in [1.82, 2.24) is 0 Å². The zero-order valence-electron chi connectivity index (χ0n) is 13.5. The molecular weight excluding hydrogens is 304 g/mol. The van der Waals surface area contributed by atoms with E-state index in [1.807, 2.05) is 66.7 Å². The third-order valence-corrected chi connectivity index (χ3v) is 3.60. The summed E-state index contributed by atoms with van der Waals surface area (Å²) in [7, 11) is 0. The van der Waals surface area contributed by atoms with Gasteiger partial charge in [0.1, 0.15) is 6.07 Å². The molecule has 2 nitrogen and oxygen atoms in total. The Morgan fingerprint density at radius 2 is 0.880 bits per heavy atom. The summed E-state index contributed by atoms with van der Waals surface area (Å²) in [4.78, 5) is 0. The number of anilines is 1. The highest BCUT2D eigenvalue weighted by Crippen LogP contribution is 2.11. The van der Waals surface area contributed by atoms with Crippen LogP contribution in [0.25, 0.3) is 0 Å². The molecule has 3 aromatic carbocycles. The monoisotopic (exact) mass is 318 g/mol. The summed E-state index contributed by atoms with van der Waals surface area (Å²) in [5.74, 6) is 12.4. The van der Waals surface area contributed by atoms with E-state index < -0.39 is 0 Å². The minimum absolute atomic E-state index is 0.565. The van der Waals surface area contributed by atoms with Crippen LogP contribution < -0.4 is 5.73 Å². The lowest BCUT2D eigenvalue weighted by Gasteiger charge is -1.98. The highest BCUT2D eigenvalue weighted by atomic mass is 14.5. The number of rotatable bonds is 0. The van der Waals surface area contributed by atoms with Crippen molar-refractivity contribution >= 4 is 5.69 Å². The van der Waals surface area contributed by atoms with E-state index in [0.29, 0.717) is 16.8 Å². The molecule has 0 amide bonds. The predicted molar refractivity (Wildman–Crippen MR) is 100 cm³/mol. The Hall–Kier alpha value is -3.93. The van der Waals surface area contributed by atoms with Crippen molar-refractivity contribution in [3.05, 3.63) is 101 Å². The highest BCUT2D eigenvalue weighted by molar-refractivity contribution is 5.60. The van der Waals surface area contributed by atoms with E-state index in [0.717, 1.165) is 16.7 Å². The zero-order chi connectivity index (χ0) is 17.5. The van der Waals surface area contributed by atoms with Crippen LogP contribution in [0.5, 0.6) is 0 Å². The fourth-order valence-corrected chi connectivity index (χ4v) is 2.27. The van der Waals surface area contributed by atoms with Crippen LogP contribution in [0.4, 0.5) is 5.69 Å². The Labute approximate surface area is 147 Å². The van der Waals surface area contributed by atoms with Gasteiger partial charge in [-0.05, 0) is 36.4 Å². The van der Waals surface area contributed by atoms with Gasteiger partial charge in [0.25, 0.3) is 0 Å². The molecule has 0 radical (unpaired) electrons. The molecule has 2 N–H and O–H groups in total. The van der Waals surface area contributed by atoms with Gasteiger partial charge in [-0.2, -0.15) is 5.26 Å². The molecule has 0 spiro atoms. The van der Waals surface area contributed by atoms with E-state index in [1.165, 1.54) is 0 Å². The topological polar surface area (TPSA) is 49.8 Å². The molecule has 0 fully saturated rings. The van der Waals surface area contributed by atoms with Crippen LogP contribution in [0.15, 0.2) is 72.8 Å². The maximum atomic E-state index is 9.15. The lowest BCUT2D eigenvalue weighted by molar-refractivity contribution is 1.47. The standard InChI is InChI=1S/C23H14N2/c24-17-22-11-4-3-9-20(22)14-13-18-7-1-2-8-19(18)15-16-21-10-5-6-12-23(21)25/h1-12H,25H2. The molecule has 0 unspecified atom stereocenters. The molecule has 0 aliphatic heterocycles. The second-order valence-corrected chi connectivity index (χ2v) is 5.29. The molecule has 0 heterocycles. The van der Waals surface area contributed by atoms with Gasteiger partial charge in [-0.3, -0.25) is 0 Å². The second-order valence-electron chi connectivity index (χ2n) is 5.29. The third-order valence-electron chi connectivity index (χ3n) is 3.60. The van der Waals surface area contributed by atoms with Gasteiger partial charge in [0, 0.05) is 27.9 Å². The molecule has 2 heteroatoms. The first-order valence-electron chi connectivity index (χ1n) is 7.74. The number of hydrogen-bond donors (Lipinski definition) is 1. The lowest BCUT2D eigenvalue weighted by Crippen LogP contribution is -1.89. The Bertz CT molecular complexity index is 1080. The summed E-state index contributed by atoms with van der Waals surface area (Å²) in [6.45, 7) is 0. The number of nitrogen functional groups attached to an aromatic ring is 1. The fraction of sp³-hybridized carbons (Fsp3) is 0. The van der Waals surface area contributed by atoms with Gasteiger partial charge >= 0.3 is 0 Å². The van der Waals surface area contributed by atoms with Crippen molar-refractivity contribution in [1.29, 1.82) is 5.26 Å². The summed E-state index contributed by atoms with van der Waals surface area (Å²) >= 11 is 0. The number of benzene rings is 3. The van der Waals surface area contributed by atoms with Gasteiger partial charge in [-0.25, -0.2) is 0 Å². The molecule has 0 saturated carbocycles. The van der Waals surface area contributed by atoms with Gasteiger partial charge in [0.05, 0.1) is 5.56 Å². The number of hydrogen-bond acceptors (Lipinski definition) is 2. The van der Waals surface area contributed by atoms with Gasteiger partial charge in [-0.1, -0.05) is 60.1 Å². The van der Waals surface area contributed by atoms with E-state index in [1.54, 1.807) is 6.07 Å². The van der Waals surface area contributed by atoms with Crippen molar-refractivity contribution < 1.29 is 0 Å². The average molecular weight is 318 g/mol. The molecule has 3 rings (SSSR count). The van der Waals surface area contributed by atoms with Crippen LogP contribution in [0, 0.1) is 35.0 Å². The number of nitriles is 1. The molecular formula is C23H14N2.